The van der Waals surface area contributed by atoms with Crippen molar-refractivity contribution in [1.29, 1.82) is 0 Å². The van der Waals surface area contributed by atoms with Gasteiger partial charge in [0.2, 0.25) is 5.91 Å². The highest BCUT2D eigenvalue weighted by molar-refractivity contribution is 7.80. The van der Waals surface area contributed by atoms with Crippen molar-refractivity contribution < 1.29 is 4.79 Å². The maximum atomic E-state index is 12.0. The molecule has 0 radical (unpaired) electrons. The maximum Gasteiger partial charge on any atom is 0.225 e. The van der Waals surface area contributed by atoms with Gasteiger partial charge in [-0.25, -0.2) is 0 Å². The van der Waals surface area contributed by atoms with Crippen molar-refractivity contribution in [2.75, 3.05) is 18.4 Å². The molecule has 1 aliphatic rings. The summed E-state index contributed by atoms with van der Waals surface area (Å²) < 4.78 is 0. The SMILES string of the molecule is CC1CC(C)N(CCC(=O)Nc2cccc(C(N)=S)c2)C1. The van der Waals surface area contributed by atoms with E-state index in [9.17, 15) is 4.79 Å². The van der Waals surface area contributed by atoms with Crippen LogP contribution in [0.4, 0.5) is 5.69 Å². The molecule has 1 aromatic rings. The molecule has 21 heavy (non-hydrogen) atoms. The van der Waals surface area contributed by atoms with Crippen LogP contribution in [0.25, 0.3) is 0 Å². The van der Waals surface area contributed by atoms with Crippen molar-refractivity contribution in [2.24, 2.45) is 11.7 Å². The van der Waals surface area contributed by atoms with Gasteiger partial charge in [0.25, 0.3) is 0 Å². The van der Waals surface area contributed by atoms with Gasteiger partial charge in [-0.2, -0.15) is 0 Å². The van der Waals surface area contributed by atoms with Gasteiger partial charge in [0.05, 0.1) is 0 Å². The first-order valence-electron chi connectivity index (χ1n) is 7.39. The third kappa shape index (κ3) is 4.51. The van der Waals surface area contributed by atoms with Gasteiger partial charge in [0.1, 0.15) is 4.99 Å². The molecule has 2 atom stereocenters. The van der Waals surface area contributed by atoms with Crippen LogP contribution in [-0.2, 0) is 4.79 Å². The summed E-state index contributed by atoms with van der Waals surface area (Å²) in [7, 11) is 0. The highest BCUT2D eigenvalue weighted by atomic mass is 32.1. The molecular formula is C16H23N3OS. The van der Waals surface area contributed by atoms with Crippen molar-refractivity contribution in [1.82, 2.24) is 4.90 Å². The van der Waals surface area contributed by atoms with Crippen molar-refractivity contribution in [2.45, 2.75) is 32.7 Å². The number of anilines is 1. The van der Waals surface area contributed by atoms with Gasteiger partial charge >= 0.3 is 0 Å². The van der Waals surface area contributed by atoms with Crippen molar-refractivity contribution >= 4 is 28.8 Å². The van der Waals surface area contributed by atoms with Gasteiger partial charge in [0, 0.05) is 36.8 Å². The fraction of sp³-hybridized carbons (Fsp3) is 0.500. The molecule has 1 fully saturated rings. The van der Waals surface area contributed by atoms with E-state index in [1.54, 1.807) is 6.07 Å². The zero-order chi connectivity index (χ0) is 15.4. The lowest BCUT2D eigenvalue weighted by Gasteiger charge is -2.20. The molecule has 1 aliphatic heterocycles. The Morgan fingerprint density at radius 3 is 2.86 bits per heavy atom. The normalized spacial score (nSPS) is 22.2. The van der Waals surface area contributed by atoms with Gasteiger partial charge in [-0.15, -0.1) is 0 Å². The van der Waals surface area contributed by atoms with Crippen LogP contribution in [0.2, 0.25) is 0 Å². The molecule has 0 aliphatic carbocycles. The second-order valence-electron chi connectivity index (χ2n) is 5.93. The predicted molar refractivity (Wildman–Crippen MR) is 90.4 cm³/mol. The van der Waals surface area contributed by atoms with Crippen LogP contribution in [-0.4, -0.2) is 34.9 Å². The molecule has 0 aromatic heterocycles. The molecule has 1 amide bonds. The Bertz CT molecular complexity index is 532. The van der Waals surface area contributed by atoms with Crippen LogP contribution in [0.3, 0.4) is 0 Å². The lowest BCUT2D eigenvalue weighted by atomic mass is 10.1. The Morgan fingerprint density at radius 1 is 1.48 bits per heavy atom. The topological polar surface area (TPSA) is 58.4 Å². The largest absolute Gasteiger partial charge is 0.389 e. The van der Waals surface area contributed by atoms with E-state index in [2.05, 4.69) is 24.1 Å². The molecule has 2 unspecified atom stereocenters. The number of nitrogens with one attached hydrogen (secondary N) is 1. The third-order valence-corrected chi connectivity index (χ3v) is 4.21. The van der Waals surface area contributed by atoms with Gasteiger partial charge in [-0.1, -0.05) is 31.3 Å². The van der Waals surface area contributed by atoms with E-state index in [1.807, 2.05) is 18.2 Å². The molecule has 0 saturated carbocycles. The zero-order valence-corrected chi connectivity index (χ0v) is 13.5. The lowest BCUT2D eigenvalue weighted by molar-refractivity contribution is -0.116. The molecule has 114 valence electrons. The Morgan fingerprint density at radius 2 is 2.24 bits per heavy atom. The fourth-order valence-electron chi connectivity index (χ4n) is 2.92. The van der Waals surface area contributed by atoms with Crippen molar-refractivity contribution in [3.63, 3.8) is 0 Å². The highest BCUT2D eigenvalue weighted by Gasteiger charge is 2.25. The summed E-state index contributed by atoms with van der Waals surface area (Å²) in [5.41, 5.74) is 7.11. The Hall–Kier alpha value is -1.46. The minimum atomic E-state index is 0.0295. The van der Waals surface area contributed by atoms with Crippen LogP contribution < -0.4 is 11.1 Å². The standard InChI is InChI=1S/C16H23N3OS/c1-11-8-12(2)19(10-11)7-6-15(20)18-14-5-3-4-13(9-14)16(17)21/h3-5,9,11-12H,6-8,10H2,1-2H3,(H2,17,21)(H,18,20). The average molecular weight is 305 g/mol. The van der Waals surface area contributed by atoms with Crippen LogP contribution in [0.1, 0.15) is 32.3 Å². The number of benzene rings is 1. The van der Waals surface area contributed by atoms with E-state index in [0.717, 1.165) is 30.3 Å². The van der Waals surface area contributed by atoms with Crippen LogP contribution >= 0.6 is 12.2 Å². The summed E-state index contributed by atoms with van der Waals surface area (Å²) in [6, 6.07) is 7.91. The number of likely N-dealkylation sites (tertiary alicyclic amines) is 1. The highest BCUT2D eigenvalue weighted by Crippen LogP contribution is 2.22. The molecule has 1 saturated heterocycles. The minimum Gasteiger partial charge on any atom is -0.389 e. The average Bonchev–Trinajstić information content (AvgIpc) is 2.75. The molecule has 1 heterocycles. The molecule has 1 aromatic carbocycles. The number of thiocarbonyl (C=S) groups is 1. The fourth-order valence-corrected chi connectivity index (χ4v) is 3.04. The number of amides is 1. The van der Waals surface area contributed by atoms with Gasteiger partial charge in [0.15, 0.2) is 0 Å². The summed E-state index contributed by atoms with van der Waals surface area (Å²) in [6.07, 6.45) is 1.73. The lowest BCUT2D eigenvalue weighted by Crippen LogP contribution is -2.30. The minimum absolute atomic E-state index is 0.0295. The van der Waals surface area contributed by atoms with Crippen molar-refractivity contribution in [3.05, 3.63) is 29.8 Å². The quantitative estimate of drug-likeness (QED) is 0.820. The van der Waals surface area contributed by atoms with Gasteiger partial charge < -0.3 is 11.1 Å². The molecule has 3 N–H and O–H groups in total. The molecule has 5 heteroatoms. The van der Waals surface area contributed by atoms with Crippen molar-refractivity contribution in [3.8, 4) is 0 Å². The van der Waals surface area contributed by atoms with Crippen LogP contribution in [0, 0.1) is 5.92 Å². The number of rotatable bonds is 5. The zero-order valence-electron chi connectivity index (χ0n) is 12.6. The molecule has 4 nitrogen and oxygen atoms in total. The number of carbonyl (C=O) groups excluding carboxylic acids is 1. The van der Waals surface area contributed by atoms with E-state index >= 15 is 0 Å². The van der Waals surface area contributed by atoms with E-state index in [0.29, 0.717) is 17.5 Å². The Labute approximate surface area is 131 Å². The first kappa shape index (κ1) is 15.9. The van der Waals surface area contributed by atoms with Crippen LogP contribution in [0.15, 0.2) is 24.3 Å². The monoisotopic (exact) mass is 305 g/mol. The summed E-state index contributed by atoms with van der Waals surface area (Å²) in [5, 5.41) is 2.91. The number of hydrogen-bond acceptors (Lipinski definition) is 3. The molecule has 0 spiro atoms. The summed E-state index contributed by atoms with van der Waals surface area (Å²) in [6.45, 7) is 6.39. The van der Waals surface area contributed by atoms with E-state index in [-0.39, 0.29) is 5.91 Å². The number of nitrogens with zero attached hydrogens (tertiary/aromatic N) is 1. The molecule has 0 bridgehead atoms. The molecular weight excluding hydrogens is 282 g/mol. The van der Waals surface area contributed by atoms with E-state index in [4.69, 9.17) is 18.0 Å². The summed E-state index contributed by atoms with van der Waals surface area (Å²) in [4.78, 5) is 14.8. The number of carbonyl (C=O) groups is 1. The Balaban J connectivity index is 1.84. The summed E-state index contributed by atoms with van der Waals surface area (Å²) >= 11 is 4.94. The predicted octanol–water partition coefficient (Wildman–Crippen LogP) is 2.38. The smallest absolute Gasteiger partial charge is 0.225 e. The molecule has 2 rings (SSSR count). The van der Waals surface area contributed by atoms with Gasteiger partial charge in [-0.05, 0) is 31.4 Å². The van der Waals surface area contributed by atoms with E-state index in [1.165, 1.54) is 6.42 Å². The summed E-state index contributed by atoms with van der Waals surface area (Å²) in [5.74, 6) is 0.757. The Kier molecular flexibility index (Phi) is 5.31. The second kappa shape index (κ2) is 7.00. The first-order valence-corrected chi connectivity index (χ1v) is 7.80. The van der Waals surface area contributed by atoms with Crippen LogP contribution in [0.5, 0.6) is 0 Å². The number of nitrogens with two attached hydrogens (primary N) is 1. The van der Waals surface area contributed by atoms with E-state index < -0.39 is 0 Å². The third-order valence-electron chi connectivity index (χ3n) is 3.97. The maximum absolute atomic E-state index is 12.0. The van der Waals surface area contributed by atoms with Gasteiger partial charge in [-0.3, -0.25) is 9.69 Å². The second-order valence-corrected chi connectivity index (χ2v) is 6.37. The number of hydrogen-bond donors (Lipinski definition) is 2. The first-order chi connectivity index (χ1) is 9.95.